The van der Waals surface area contributed by atoms with Gasteiger partial charge in [0.2, 0.25) is 16.9 Å². The van der Waals surface area contributed by atoms with Crippen molar-refractivity contribution in [2.75, 3.05) is 0 Å². The Labute approximate surface area is 178 Å². The lowest BCUT2D eigenvalue weighted by atomic mass is 9.87. The van der Waals surface area contributed by atoms with Gasteiger partial charge in [-0.25, -0.2) is 4.98 Å². The van der Waals surface area contributed by atoms with Crippen molar-refractivity contribution in [1.82, 2.24) is 25.4 Å². The van der Waals surface area contributed by atoms with Crippen molar-refractivity contribution in [3.8, 4) is 22.8 Å². The van der Waals surface area contributed by atoms with E-state index in [0.29, 0.717) is 33.5 Å². The number of nitrogens with zero attached hydrogens (tertiary/aromatic N) is 4. The van der Waals surface area contributed by atoms with Crippen molar-refractivity contribution in [2.24, 2.45) is 0 Å². The van der Waals surface area contributed by atoms with Gasteiger partial charge in [0.05, 0.1) is 10.8 Å². The van der Waals surface area contributed by atoms with Crippen LogP contribution in [0.5, 0.6) is 0 Å². The third kappa shape index (κ3) is 4.52. The molecule has 8 heteroatoms. The number of benzene rings is 2. The van der Waals surface area contributed by atoms with Crippen LogP contribution in [-0.2, 0) is 11.2 Å². The number of rotatable bonds is 5. The van der Waals surface area contributed by atoms with Gasteiger partial charge in [-0.15, -0.1) is 15.3 Å². The number of aromatic amines is 1. The summed E-state index contributed by atoms with van der Waals surface area (Å²) in [6.45, 7) is 6.55. The second-order valence-corrected chi connectivity index (χ2v) is 8.91. The largest absolute Gasteiger partial charge is 0.420 e. The maximum Gasteiger partial charge on any atom is 0.247 e. The highest BCUT2D eigenvalue weighted by molar-refractivity contribution is 7.98. The number of hydrogen-bond donors (Lipinski definition) is 1. The highest BCUT2D eigenvalue weighted by Crippen LogP contribution is 2.28. The van der Waals surface area contributed by atoms with Crippen LogP contribution in [0.2, 0.25) is 5.02 Å². The first-order valence-corrected chi connectivity index (χ1v) is 10.5. The molecule has 0 aliphatic carbocycles. The smallest absolute Gasteiger partial charge is 0.247 e. The fourth-order valence-electron chi connectivity index (χ4n) is 2.75. The van der Waals surface area contributed by atoms with Crippen LogP contribution in [0.25, 0.3) is 22.8 Å². The zero-order valence-electron chi connectivity index (χ0n) is 16.3. The lowest BCUT2D eigenvalue weighted by molar-refractivity contribution is 0.528. The molecule has 0 fully saturated rings. The molecule has 0 radical (unpaired) electrons. The number of halogens is 1. The zero-order chi connectivity index (χ0) is 20.4. The van der Waals surface area contributed by atoms with E-state index in [2.05, 4.69) is 58.3 Å². The Morgan fingerprint density at radius 3 is 2.52 bits per heavy atom. The molecular weight excluding hydrogens is 406 g/mol. The van der Waals surface area contributed by atoms with E-state index >= 15 is 0 Å². The second-order valence-electron chi connectivity index (χ2n) is 7.56. The fourth-order valence-corrected chi connectivity index (χ4v) is 3.61. The Morgan fingerprint density at radius 1 is 1.03 bits per heavy atom. The lowest BCUT2D eigenvalue weighted by Crippen LogP contribution is -2.10. The number of H-pyrrole nitrogens is 1. The molecule has 0 spiro atoms. The van der Waals surface area contributed by atoms with Gasteiger partial charge in [0.25, 0.3) is 0 Å². The Morgan fingerprint density at radius 2 is 1.79 bits per heavy atom. The maximum absolute atomic E-state index is 6.21. The molecule has 1 N–H and O–H groups in total. The molecule has 0 unspecified atom stereocenters. The summed E-state index contributed by atoms with van der Waals surface area (Å²) in [5.74, 6) is 2.14. The van der Waals surface area contributed by atoms with Gasteiger partial charge in [-0.1, -0.05) is 68.4 Å². The molecule has 0 saturated carbocycles. The molecule has 4 rings (SSSR count). The maximum atomic E-state index is 6.21. The van der Waals surface area contributed by atoms with Crippen LogP contribution in [0.15, 0.2) is 58.1 Å². The molecule has 0 bridgehead atoms. The quantitative estimate of drug-likeness (QED) is 0.409. The Balaban J connectivity index is 1.42. The molecule has 2 aromatic carbocycles. The van der Waals surface area contributed by atoms with E-state index in [0.717, 1.165) is 11.1 Å². The zero-order valence-corrected chi connectivity index (χ0v) is 17.9. The van der Waals surface area contributed by atoms with E-state index in [9.17, 15) is 0 Å². The van der Waals surface area contributed by atoms with Gasteiger partial charge in [0.1, 0.15) is 0 Å². The SMILES string of the molecule is CC(C)(C)c1ccc(-c2nnc(CSc3n[nH]c(-c4ccccc4Cl)n3)o2)cc1. The molecule has 0 aliphatic heterocycles. The van der Waals surface area contributed by atoms with Gasteiger partial charge in [-0.05, 0) is 35.2 Å². The first kappa shape index (κ1) is 19.7. The van der Waals surface area contributed by atoms with Crippen LogP contribution < -0.4 is 0 Å². The molecule has 0 saturated heterocycles. The average Bonchev–Trinajstić information content (AvgIpc) is 3.36. The van der Waals surface area contributed by atoms with Crippen molar-refractivity contribution < 1.29 is 4.42 Å². The van der Waals surface area contributed by atoms with Crippen LogP contribution >= 0.6 is 23.4 Å². The van der Waals surface area contributed by atoms with E-state index < -0.39 is 0 Å². The molecule has 6 nitrogen and oxygen atoms in total. The summed E-state index contributed by atoms with van der Waals surface area (Å²) >= 11 is 7.63. The topological polar surface area (TPSA) is 80.5 Å². The minimum absolute atomic E-state index is 0.106. The van der Waals surface area contributed by atoms with Gasteiger partial charge in [0.15, 0.2) is 5.82 Å². The third-order valence-electron chi connectivity index (χ3n) is 4.38. The first-order chi connectivity index (χ1) is 13.9. The van der Waals surface area contributed by atoms with Crippen molar-refractivity contribution in [3.05, 3.63) is 65.0 Å². The highest BCUT2D eigenvalue weighted by atomic mass is 35.5. The Bertz CT molecular complexity index is 1110. The highest BCUT2D eigenvalue weighted by Gasteiger charge is 2.15. The first-order valence-electron chi connectivity index (χ1n) is 9.13. The number of hydrogen-bond acceptors (Lipinski definition) is 6. The average molecular weight is 426 g/mol. The molecular formula is C21H20ClN5OS. The Kier molecular flexibility index (Phi) is 5.43. The molecule has 148 valence electrons. The van der Waals surface area contributed by atoms with Crippen LogP contribution in [0.3, 0.4) is 0 Å². The summed E-state index contributed by atoms with van der Waals surface area (Å²) < 4.78 is 5.80. The monoisotopic (exact) mass is 425 g/mol. The van der Waals surface area contributed by atoms with Crippen LogP contribution in [0.4, 0.5) is 0 Å². The minimum atomic E-state index is 0.106. The molecule has 0 amide bonds. The summed E-state index contributed by atoms with van der Waals surface area (Å²) in [4.78, 5) is 4.48. The second kappa shape index (κ2) is 8.00. The van der Waals surface area contributed by atoms with Crippen LogP contribution in [0, 0.1) is 0 Å². The molecule has 0 aliphatic rings. The van der Waals surface area contributed by atoms with E-state index in [-0.39, 0.29) is 5.41 Å². The van der Waals surface area contributed by atoms with E-state index in [1.54, 1.807) is 0 Å². The van der Waals surface area contributed by atoms with Gasteiger partial charge in [0, 0.05) is 11.1 Å². The van der Waals surface area contributed by atoms with Crippen molar-refractivity contribution >= 4 is 23.4 Å². The molecule has 0 atom stereocenters. The molecule has 2 aromatic heterocycles. The summed E-state index contributed by atoms with van der Waals surface area (Å²) in [6, 6.07) is 15.7. The summed E-state index contributed by atoms with van der Waals surface area (Å²) in [5.41, 5.74) is 3.08. The predicted octanol–water partition coefficient (Wildman–Crippen LogP) is 5.76. The normalized spacial score (nSPS) is 11.7. The standard InChI is InChI=1S/C21H20ClN5OS/c1-21(2,3)14-10-8-13(9-11-14)19-26-24-17(28-19)12-29-20-23-18(25-27-20)15-6-4-5-7-16(15)22/h4-11H,12H2,1-3H3,(H,23,25,27). The van der Waals surface area contributed by atoms with Crippen LogP contribution in [0.1, 0.15) is 32.2 Å². The van der Waals surface area contributed by atoms with Crippen molar-refractivity contribution in [2.45, 2.75) is 37.1 Å². The minimum Gasteiger partial charge on any atom is -0.420 e. The Hall–Kier alpha value is -2.64. The number of nitrogens with one attached hydrogen (secondary N) is 1. The summed E-state index contributed by atoms with van der Waals surface area (Å²) in [5, 5.41) is 16.6. The number of thioether (sulfide) groups is 1. The number of aromatic nitrogens is 5. The van der Waals surface area contributed by atoms with E-state index in [1.165, 1.54) is 17.3 Å². The fraction of sp³-hybridized carbons (Fsp3) is 0.238. The summed E-state index contributed by atoms with van der Waals surface area (Å²) in [7, 11) is 0. The predicted molar refractivity (Wildman–Crippen MR) is 115 cm³/mol. The van der Waals surface area contributed by atoms with Crippen molar-refractivity contribution in [3.63, 3.8) is 0 Å². The lowest BCUT2D eigenvalue weighted by Gasteiger charge is -2.18. The van der Waals surface area contributed by atoms with Gasteiger partial charge < -0.3 is 4.42 Å². The molecule has 2 heterocycles. The van der Waals surface area contributed by atoms with Crippen LogP contribution in [-0.4, -0.2) is 25.4 Å². The van der Waals surface area contributed by atoms with Gasteiger partial charge in [-0.2, -0.15) is 0 Å². The third-order valence-corrected chi connectivity index (χ3v) is 5.54. The summed E-state index contributed by atoms with van der Waals surface area (Å²) in [6.07, 6.45) is 0. The van der Waals surface area contributed by atoms with E-state index in [1.807, 2.05) is 36.4 Å². The van der Waals surface area contributed by atoms with Gasteiger partial charge in [-0.3, -0.25) is 5.10 Å². The molecule has 29 heavy (non-hydrogen) atoms. The molecule has 4 aromatic rings. The van der Waals surface area contributed by atoms with Crippen molar-refractivity contribution in [1.29, 1.82) is 0 Å². The van der Waals surface area contributed by atoms with E-state index in [4.69, 9.17) is 16.0 Å². The van der Waals surface area contributed by atoms with Gasteiger partial charge >= 0.3 is 0 Å².